The minimum atomic E-state index is 0.00491. The quantitative estimate of drug-likeness (QED) is 0.536. The fourth-order valence-electron chi connectivity index (χ4n) is 1.08. The Bertz CT molecular complexity index is 145. The molecule has 0 unspecified atom stereocenters. The Morgan fingerprint density at radius 2 is 2.64 bits per heavy atom. The lowest BCUT2D eigenvalue weighted by Gasteiger charge is -2.06. The first-order chi connectivity index (χ1) is 5.36. The van der Waals surface area contributed by atoms with Crippen LogP contribution in [0, 0.1) is 0 Å². The molecule has 0 spiro atoms. The van der Waals surface area contributed by atoms with Crippen molar-refractivity contribution in [1.82, 2.24) is 0 Å². The summed E-state index contributed by atoms with van der Waals surface area (Å²) in [6.07, 6.45) is 3.07. The Kier molecular flexibility index (Phi) is 4.12. The molecule has 1 aliphatic rings. The van der Waals surface area contributed by atoms with Gasteiger partial charge in [0.2, 0.25) is 0 Å². The van der Waals surface area contributed by atoms with Crippen LogP contribution in [-0.2, 0) is 9.47 Å². The molecule has 0 aromatic rings. The summed E-state index contributed by atoms with van der Waals surface area (Å²) in [7, 11) is 0. The number of allylic oxidation sites excluding steroid dienone is 1. The second kappa shape index (κ2) is 4.91. The predicted octanol–water partition coefficient (Wildman–Crippen LogP) is 2.09. The summed E-state index contributed by atoms with van der Waals surface area (Å²) >= 11 is 3.35. The molecule has 1 fully saturated rings. The van der Waals surface area contributed by atoms with Gasteiger partial charge in [-0.25, -0.2) is 0 Å². The summed E-state index contributed by atoms with van der Waals surface area (Å²) in [6.45, 7) is 3.44. The van der Waals surface area contributed by atoms with E-state index in [0.29, 0.717) is 0 Å². The van der Waals surface area contributed by atoms with Crippen LogP contribution in [0.1, 0.15) is 13.3 Å². The maximum Gasteiger partial charge on any atom is 0.161 e. The molecule has 0 aliphatic carbocycles. The molecule has 0 N–H and O–H groups in total. The van der Waals surface area contributed by atoms with Gasteiger partial charge in [0.15, 0.2) is 6.29 Å². The van der Waals surface area contributed by atoms with Crippen molar-refractivity contribution in [3.05, 3.63) is 11.6 Å². The van der Waals surface area contributed by atoms with Crippen molar-refractivity contribution in [3.8, 4) is 0 Å². The molecule has 0 amide bonds. The number of alkyl halides is 1. The van der Waals surface area contributed by atoms with Crippen molar-refractivity contribution in [1.29, 1.82) is 0 Å². The lowest BCUT2D eigenvalue weighted by atomic mass is 10.2. The largest absolute Gasteiger partial charge is 0.353 e. The van der Waals surface area contributed by atoms with E-state index in [1.54, 1.807) is 0 Å². The molecule has 1 atom stereocenters. The van der Waals surface area contributed by atoms with Gasteiger partial charge >= 0.3 is 0 Å². The van der Waals surface area contributed by atoms with Crippen LogP contribution in [0.25, 0.3) is 0 Å². The van der Waals surface area contributed by atoms with E-state index >= 15 is 0 Å². The molecule has 0 bridgehead atoms. The van der Waals surface area contributed by atoms with Crippen LogP contribution >= 0.6 is 15.9 Å². The van der Waals surface area contributed by atoms with E-state index < -0.39 is 0 Å². The first-order valence-corrected chi connectivity index (χ1v) is 4.96. The lowest BCUT2D eigenvalue weighted by molar-refractivity contribution is -0.106. The molecule has 0 saturated carbocycles. The Morgan fingerprint density at radius 3 is 3.27 bits per heavy atom. The number of halogens is 1. The van der Waals surface area contributed by atoms with E-state index in [-0.39, 0.29) is 6.29 Å². The fraction of sp³-hybridized carbons (Fsp3) is 0.750. The monoisotopic (exact) mass is 220 g/mol. The normalized spacial score (nSPS) is 28.2. The van der Waals surface area contributed by atoms with Crippen LogP contribution in [0.4, 0.5) is 0 Å². The zero-order valence-electron chi connectivity index (χ0n) is 6.68. The summed E-state index contributed by atoms with van der Waals surface area (Å²) in [5.74, 6) is 0. The van der Waals surface area contributed by atoms with E-state index in [9.17, 15) is 0 Å². The molecule has 0 aromatic heterocycles. The molecule has 1 aliphatic heterocycles. The third-order valence-corrected chi connectivity index (χ3v) is 1.93. The van der Waals surface area contributed by atoms with Crippen molar-refractivity contribution < 1.29 is 9.47 Å². The maximum atomic E-state index is 5.35. The standard InChI is InChI=1S/C8H13BrO2/c1-2-10-8-5-7(3-4-9)6-11-8/h3,8H,2,4-6H2,1H3/b7-3-/t8-/m1/s1. The van der Waals surface area contributed by atoms with Gasteiger partial charge in [-0.15, -0.1) is 0 Å². The molecule has 3 heteroatoms. The second-order valence-electron chi connectivity index (χ2n) is 2.42. The number of hydrogen-bond acceptors (Lipinski definition) is 2. The highest BCUT2D eigenvalue weighted by Gasteiger charge is 2.18. The van der Waals surface area contributed by atoms with Gasteiger partial charge in [-0.05, 0) is 12.5 Å². The van der Waals surface area contributed by atoms with Gasteiger partial charge in [-0.2, -0.15) is 0 Å². The lowest BCUT2D eigenvalue weighted by Crippen LogP contribution is -2.09. The highest BCUT2D eigenvalue weighted by atomic mass is 79.9. The average molecular weight is 221 g/mol. The summed E-state index contributed by atoms with van der Waals surface area (Å²) in [5, 5.41) is 0.907. The summed E-state index contributed by atoms with van der Waals surface area (Å²) in [4.78, 5) is 0. The molecule has 1 heterocycles. The molecule has 1 saturated heterocycles. The van der Waals surface area contributed by atoms with Crippen molar-refractivity contribution >= 4 is 15.9 Å². The van der Waals surface area contributed by atoms with Gasteiger partial charge in [-0.3, -0.25) is 0 Å². The van der Waals surface area contributed by atoms with E-state index in [0.717, 1.165) is 25.0 Å². The molecule has 0 radical (unpaired) electrons. The third kappa shape index (κ3) is 2.93. The zero-order chi connectivity index (χ0) is 8.10. The van der Waals surface area contributed by atoms with E-state index in [4.69, 9.17) is 9.47 Å². The van der Waals surface area contributed by atoms with Crippen molar-refractivity contribution in [2.45, 2.75) is 19.6 Å². The van der Waals surface area contributed by atoms with Crippen molar-refractivity contribution in [3.63, 3.8) is 0 Å². The van der Waals surface area contributed by atoms with Gasteiger partial charge in [-0.1, -0.05) is 22.0 Å². The SMILES string of the molecule is CCO[C@H]1C/C(=C/CBr)CO1. The minimum Gasteiger partial charge on any atom is -0.353 e. The highest BCUT2D eigenvalue weighted by Crippen LogP contribution is 2.19. The van der Waals surface area contributed by atoms with Crippen LogP contribution in [0.2, 0.25) is 0 Å². The Labute approximate surface area is 75.7 Å². The van der Waals surface area contributed by atoms with E-state index in [2.05, 4.69) is 22.0 Å². The molecule has 2 nitrogen and oxygen atoms in total. The zero-order valence-corrected chi connectivity index (χ0v) is 8.26. The second-order valence-corrected chi connectivity index (χ2v) is 3.06. The van der Waals surface area contributed by atoms with Crippen LogP contribution < -0.4 is 0 Å². The van der Waals surface area contributed by atoms with Gasteiger partial charge < -0.3 is 9.47 Å². The van der Waals surface area contributed by atoms with Crippen LogP contribution in [-0.4, -0.2) is 24.8 Å². The van der Waals surface area contributed by atoms with E-state index in [1.807, 2.05) is 6.92 Å². The van der Waals surface area contributed by atoms with Gasteiger partial charge in [0, 0.05) is 18.4 Å². The van der Waals surface area contributed by atoms with Crippen molar-refractivity contribution in [2.24, 2.45) is 0 Å². The van der Waals surface area contributed by atoms with Gasteiger partial charge in [0.25, 0.3) is 0 Å². The molecule has 0 aromatic carbocycles. The first-order valence-electron chi connectivity index (χ1n) is 3.84. The molecular weight excluding hydrogens is 208 g/mol. The molecule has 11 heavy (non-hydrogen) atoms. The topological polar surface area (TPSA) is 18.5 Å². The number of hydrogen-bond donors (Lipinski definition) is 0. The molecule has 64 valence electrons. The van der Waals surface area contributed by atoms with Crippen molar-refractivity contribution in [2.75, 3.05) is 18.5 Å². The summed E-state index contributed by atoms with van der Waals surface area (Å²) in [6, 6.07) is 0. The smallest absolute Gasteiger partial charge is 0.161 e. The Morgan fingerprint density at radius 1 is 1.82 bits per heavy atom. The third-order valence-electron chi connectivity index (χ3n) is 1.60. The number of ether oxygens (including phenoxy) is 2. The highest BCUT2D eigenvalue weighted by molar-refractivity contribution is 9.09. The molecule has 1 rings (SSSR count). The van der Waals surface area contributed by atoms with E-state index in [1.165, 1.54) is 5.57 Å². The molecular formula is C8H13BrO2. The maximum absolute atomic E-state index is 5.35. The Hall–Kier alpha value is 0.140. The van der Waals surface area contributed by atoms with Gasteiger partial charge in [0.05, 0.1) is 6.61 Å². The minimum absolute atomic E-state index is 0.00491. The summed E-state index contributed by atoms with van der Waals surface area (Å²) in [5.41, 5.74) is 1.33. The van der Waals surface area contributed by atoms with Gasteiger partial charge in [0.1, 0.15) is 0 Å². The first kappa shape index (κ1) is 9.23. The van der Waals surface area contributed by atoms with Crippen LogP contribution in [0.5, 0.6) is 0 Å². The predicted molar refractivity (Wildman–Crippen MR) is 47.9 cm³/mol. The van der Waals surface area contributed by atoms with Crippen LogP contribution in [0.3, 0.4) is 0 Å². The fourth-order valence-corrected chi connectivity index (χ4v) is 1.53. The number of rotatable bonds is 3. The average Bonchev–Trinajstić information content (AvgIpc) is 2.38. The van der Waals surface area contributed by atoms with Crippen LogP contribution in [0.15, 0.2) is 11.6 Å². The Balaban J connectivity index is 2.28. The summed E-state index contributed by atoms with van der Waals surface area (Å²) < 4.78 is 10.6.